The molecule has 0 saturated heterocycles. The summed E-state index contributed by atoms with van der Waals surface area (Å²) in [6, 6.07) is 0. The van der Waals surface area contributed by atoms with E-state index in [4.69, 9.17) is 5.41 Å². The lowest BCUT2D eigenvalue weighted by atomic mass is 10.3. The van der Waals surface area contributed by atoms with Crippen LogP contribution in [-0.2, 0) is 0 Å². The maximum atomic E-state index is 12.0. The van der Waals surface area contributed by atoms with Gasteiger partial charge in [-0.25, -0.2) is 4.39 Å². The minimum atomic E-state index is -0.902. The van der Waals surface area contributed by atoms with E-state index >= 15 is 0 Å². The molecular formula is C7H10FN. The van der Waals surface area contributed by atoms with Crippen LogP contribution in [0, 0.1) is 5.41 Å². The van der Waals surface area contributed by atoms with Gasteiger partial charge in [0.05, 0.1) is 0 Å². The lowest BCUT2D eigenvalue weighted by Crippen LogP contribution is -1.80. The molecule has 9 heavy (non-hydrogen) atoms. The molecule has 0 aliphatic carbocycles. The summed E-state index contributed by atoms with van der Waals surface area (Å²) < 4.78 is 12.0. The fourth-order valence-electron chi connectivity index (χ4n) is 0.337. The van der Waals surface area contributed by atoms with Crippen LogP contribution in [0.2, 0.25) is 0 Å². The van der Waals surface area contributed by atoms with Crippen molar-refractivity contribution in [2.24, 2.45) is 0 Å². The van der Waals surface area contributed by atoms with Crippen LogP contribution < -0.4 is 0 Å². The van der Waals surface area contributed by atoms with Gasteiger partial charge in [-0.15, -0.1) is 0 Å². The molecule has 50 valence electrons. The van der Waals surface area contributed by atoms with E-state index in [-0.39, 0.29) is 0 Å². The molecule has 0 bridgehead atoms. The first-order chi connectivity index (χ1) is 4.27. The van der Waals surface area contributed by atoms with Gasteiger partial charge in [0, 0.05) is 6.21 Å². The number of allylic oxidation sites excluding steroid dienone is 4. The summed E-state index contributed by atoms with van der Waals surface area (Å²) in [4.78, 5) is 0. The van der Waals surface area contributed by atoms with Crippen LogP contribution >= 0.6 is 0 Å². The van der Waals surface area contributed by atoms with E-state index in [0.717, 1.165) is 6.21 Å². The summed E-state index contributed by atoms with van der Waals surface area (Å²) in [6.45, 7) is 1.45. The molecule has 0 saturated carbocycles. The van der Waals surface area contributed by atoms with Crippen LogP contribution in [-0.4, -0.2) is 12.4 Å². The van der Waals surface area contributed by atoms with Crippen molar-refractivity contribution in [3.63, 3.8) is 0 Å². The van der Waals surface area contributed by atoms with Gasteiger partial charge in [-0.3, -0.25) is 0 Å². The second-order valence-electron chi connectivity index (χ2n) is 1.61. The Hall–Kier alpha value is -0.920. The summed E-state index contributed by atoms with van der Waals surface area (Å²) in [7, 11) is 0. The minimum Gasteiger partial charge on any atom is -0.309 e. The van der Waals surface area contributed by atoms with Gasteiger partial charge < -0.3 is 5.41 Å². The molecule has 0 spiro atoms. The zero-order valence-electron chi connectivity index (χ0n) is 5.34. The average molecular weight is 127 g/mol. The van der Waals surface area contributed by atoms with Gasteiger partial charge >= 0.3 is 0 Å². The molecule has 1 atom stereocenters. The fraction of sp³-hybridized carbons (Fsp3) is 0.286. The Bertz CT molecular complexity index is 125. The molecular weight excluding hydrogens is 117 g/mol. The summed E-state index contributed by atoms with van der Waals surface area (Å²) in [6.07, 6.45) is 6.38. The molecule has 0 aliphatic heterocycles. The smallest absolute Gasteiger partial charge is 0.116 e. The van der Waals surface area contributed by atoms with E-state index in [2.05, 4.69) is 0 Å². The van der Waals surface area contributed by atoms with E-state index in [9.17, 15) is 4.39 Å². The van der Waals surface area contributed by atoms with Crippen molar-refractivity contribution in [1.82, 2.24) is 0 Å². The van der Waals surface area contributed by atoms with Crippen molar-refractivity contribution in [1.29, 1.82) is 5.41 Å². The first-order valence-electron chi connectivity index (χ1n) is 2.75. The first-order valence-corrected chi connectivity index (χ1v) is 2.75. The molecule has 0 fully saturated rings. The average Bonchev–Trinajstić information content (AvgIpc) is 1.80. The van der Waals surface area contributed by atoms with Crippen molar-refractivity contribution in [2.45, 2.75) is 13.1 Å². The topological polar surface area (TPSA) is 23.9 Å². The zero-order chi connectivity index (χ0) is 7.11. The fourth-order valence-corrected chi connectivity index (χ4v) is 0.337. The van der Waals surface area contributed by atoms with E-state index in [0.29, 0.717) is 0 Å². The largest absolute Gasteiger partial charge is 0.309 e. The highest BCUT2D eigenvalue weighted by Crippen LogP contribution is 1.89. The van der Waals surface area contributed by atoms with Crippen LogP contribution in [0.3, 0.4) is 0 Å². The Kier molecular flexibility index (Phi) is 4.69. The Morgan fingerprint density at radius 3 is 2.44 bits per heavy atom. The lowest BCUT2D eigenvalue weighted by molar-refractivity contribution is 0.430. The molecule has 0 amide bonds. The Balaban J connectivity index is 3.46. The monoisotopic (exact) mass is 127 g/mol. The normalized spacial score (nSPS) is 14.9. The molecule has 0 heterocycles. The molecule has 0 radical (unpaired) electrons. The molecule has 2 heteroatoms. The highest BCUT2D eigenvalue weighted by Gasteiger charge is 1.83. The third kappa shape index (κ3) is 7.08. The van der Waals surface area contributed by atoms with E-state index in [1.54, 1.807) is 12.2 Å². The molecule has 1 N–H and O–H groups in total. The summed E-state index contributed by atoms with van der Waals surface area (Å²) >= 11 is 0. The number of hydrogen-bond acceptors (Lipinski definition) is 1. The number of halogens is 1. The second kappa shape index (κ2) is 5.22. The molecule has 1 nitrogen and oxygen atoms in total. The van der Waals surface area contributed by atoms with Crippen LogP contribution in [0.4, 0.5) is 4.39 Å². The van der Waals surface area contributed by atoms with Gasteiger partial charge in [0.25, 0.3) is 0 Å². The van der Waals surface area contributed by atoms with Gasteiger partial charge in [0.2, 0.25) is 0 Å². The van der Waals surface area contributed by atoms with Crippen molar-refractivity contribution in [3.8, 4) is 0 Å². The molecule has 0 unspecified atom stereocenters. The van der Waals surface area contributed by atoms with Gasteiger partial charge in [-0.2, -0.15) is 0 Å². The SMILES string of the molecule is C[C@@H](F)/C=C/C=C\C=N. The molecule has 0 aromatic heterocycles. The van der Waals surface area contributed by atoms with Crippen molar-refractivity contribution < 1.29 is 4.39 Å². The van der Waals surface area contributed by atoms with Crippen molar-refractivity contribution >= 4 is 6.21 Å². The van der Waals surface area contributed by atoms with Crippen molar-refractivity contribution in [3.05, 3.63) is 24.3 Å². The van der Waals surface area contributed by atoms with Gasteiger partial charge in [0.15, 0.2) is 0 Å². The predicted octanol–water partition coefficient (Wildman–Crippen LogP) is 2.11. The molecule has 0 aromatic carbocycles. The predicted molar refractivity (Wildman–Crippen MR) is 37.6 cm³/mol. The maximum absolute atomic E-state index is 12.0. The van der Waals surface area contributed by atoms with Gasteiger partial charge in [-0.05, 0) is 13.0 Å². The molecule has 0 aromatic rings. The van der Waals surface area contributed by atoms with Crippen molar-refractivity contribution in [2.75, 3.05) is 0 Å². The Labute approximate surface area is 54.4 Å². The number of nitrogens with one attached hydrogen (secondary N) is 1. The standard InChI is InChI=1S/C7H10FN/c1-7(8)5-3-2-4-6-9/h2-7,9H,1H3/b4-2-,5-3+,9-6?/t7-/m1/s1. The number of hydrogen-bond donors (Lipinski definition) is 1. The minimum absolute atomic E-state index is 0.902. The number of rotatable bonds is 3. The Morgan fingerprint density at radius 2 is 2.00 bits per heavy atom. The van der Waals surface area contributed by atoms with E-state index < -0.39 is 6.17 Å². The molecule has 0 aliphatic rings. The molecule has 0 rings (SSSR count). The zero-order valence-corrected chi connectivity index (χ0v) is 5.34. The summed E-state index contributed by atoms with van der Waals surface area (Å²) in [5.41, 5.74) is 0. The third-order valence-corrected chi connectivity index (χ3v) is 0.695. The third-order valence-electron chi connectivity index (χ3n) is 0.695. The maximum Gasteiger partial charge on any atom is 0.116 e. The van der Waals surface area contributed by atoms with Crippen LogP contribution in [0.5, 0.6) is 0 Å². The van der Waals surface area contributed by atoms with Gasteiger partial charge in [-0.1, -0.05) is 18.2 Å². The van der Waals surface area contributed by atoms with Gasteiger partial charge in [0.1, 0.15) is 6.17 Å². The first kappa shape index (κ1) is 8.08. The Morgan fingerprint density at radius 1 is 1.33 bits per heavy atom. The lowest BCUT2D eigenvalue weighted by Gasteiger charge is -1.84. The highest BCUT2D eigenvalue weighted by atomic mass is 19.1. The van der Waals surface area contributed by atoms with E-state index in [1.807, 2.05) is 0 Å². The highest BCUT2D eigenvalue weighted by molar-refractivity contribution is 5.68. The van der Waals surface area contributed by atoms with Crippen LogP contribution in [0.25, 0.3) is 0 Å². The number of alkyl halides is 1. The van der Waals surface area contributed by atoms with Crippen LogP contribution in [0.1, 0.15) is 6.92 Å². The van der Waals surface area contributed by atoms with Crippen LogP contribution in [0.15, 0.2) is 24.3 Å². The second-order valence-corrected chi connectivity index (χ2v) is 1.61. The van der Waals surface area contributed by atoms with E-state index in [1.165, 1.54) is 19.1 Å². The summed E-state index contributed by atoms with van der Waals surface area (Å²) in [5, 5.41) is 6.55. The quantitative estimate of drug-likeness (QED) is 0.443. The summed E-state index contributed by atoms with van der Waals surface area (Å²) in [5.74, 6) is 0.